The Morgan fingerprint density at radius 2 is 1.96 bits per heavy atom. The summed E-state index contributed by atoms with van der Waals surface area (Å²) in [5.74, 6) is -1.11. The third kappa shape index (κ3) is 4.37. The summed E-state index contributed by atoms with van der Waals surface area (Å²) in [7, 11) is -3.60. The summed E-state index contributed by atoms with van der Waals surface area (Å²) in [6.07, 6.45) is 0.311. The van der Waals surface area contributed by atoms with Crippen molar-refractivity contribution >= 4 is 16.0 Å². The lowest BCUT2D eigenvalue weighted by Gasteiger charge is -2.10. The van der Waals surface area contributed by atoms with Crippen LogP contribution in [0.2, 0.25) is 0 Å². The number of nitrogens with zero attached hydrogens (tertiary/aromatic N) is 1. The van der Waals surface area contributed by atoms with Crippen LogP contribution in [0.25, 0.3) is 0 Å². The van der Waals surface area contributed by atoms with Gasteiger partial charge in [-0.15, -0.1) is 0 Å². The SMILES string of the molecule is Cc1ccc(S(=O)(=O)NCCc2cccc(C(=O)O)n2)c(C)c1. The largest absolute Gasteiger partial charge is 0.477 e. The van der Waals surface area contributed by atoms with Gasteiger partial charge in [0, 0.05) is 18.7 Å². The maximum Gasteiger partial charge on any atom is 0.354 e. The molecule has 1 aromatic carbocycles. The second kappa shape index (κ2) is 6.89. The molecule has 2 aromatic rings. The molecule has 0 atom stereocenters. The molecule has 0 aliphatic rings. The number of rotatable bonds is 6. The second-order valence-corrected chi connectivity index (χ2v) is 6.97. The molecule has 23 heavy (non-hydrogen) atoms. The molecule has 0 amide bonds. The van der Waals surface area contributed by atoms with Crippen LogP contribution in [0.3, 0.4) is 0 Å². The number of carboxylic acid groups (broad SMARTS) is 1. The Balaban J connectivity index is 2.05. The minimum absolute atomic E-state index is 0.0558. The summed E-state index contributed by atoms with van der Waals surface area (Å²) in [6.45, 7) is 3.79. The Labute approximate surface area is 135 Å². The van der Waals surface area contributed by atoms with Gasteiger partial charge in [0.15, 0.2) is 0 Å². The predicted octanol–water partition coefficient (Wildman–Crippen LogP) is 1.92. The molecule has 1 aromatic heterocycles. The van der Waals surface area contributed by atoms with E-state index in [0.29, 0.717) is 17.7 Å². The van der Waals surface area contributed by atoms with E-state index in [0.717, 1.165) is 5.56 Å². The molecule has 0 unspecified atom stereocenters. The number of benzene rings is 1. The van der Waals surface area contributed by atoms with Gasteiger partial charge < -0.3 is 5.11 Å². The summed E-state index contributed by atoms with van der Waals surface area (Å²) in [5.41, 5.74) is 2.15. The van der Waals surface area contributed by atoms with Crippen molar-refractivity contribution in [1.29, 1.82) is 0 Å². The zero-order valence-electron chi connectivity index (χ0n) is 12.9. The van der Waals surface area contributed by atoms with Crippen LogP contribution in [-0.4, -0.2) is 31.0 Å². The lowest BCUT2D eigenvalue weighted by atomic mass is 10.2. The van der Waals surface area contributed by atoms with Crippen molar-refractivity contribution in [3.05, 3.63) is 58.9 Å². The van der Waals surface area contributed by atoms with Crippen LogP contribution in [0.5, 0.6) is 0 Å². The van der Waals surface area contributed by atoms with Gasteiger partial charge in [-0.3, -0.25) is 0 Å². The topological polar surface area (TPSA) is 96.4 Å². The van der Waals surface area contributed by atoms with Gasteiger partial charge in [-0.1, -0.05) is 23.8 Å². The first-order valence-corrected chi connectivity index (χ1v) is 8.54. The van der Waals surface area contributed by atoms with Gasteiger partial charge in [0.25, 0.3) is 0 Å². The molecule has 1 heterocycles. The predicted molar refractivity (Wildman–Crippen MR) is 86.0 cm³/mol. The summed E-state index contributed by atoms with van der Waals surface area (Å²) in [6, 6.07) is 9.79. The molecular formula is C16H18N2O4S. The van der Waals surface area contributed by atoms with E-state index in [2.05, 4.69) is 9.71 Å². The normalized spacial score (nSPS) is 11.4. The minimum Gasteiger partial charge on any atom is -0.477 e. The minimum atomic E-state index is -3.60. The highest BCUT2D eigenvalue weighted by molar-refractivity contribution is 7.89. The standard InChI is InChI=1S/C16H18N2O4S/c1-11-6-7-15(12(2)10-11)23(21,22)17-9-8-13-4-3-5-14(18-13)16(19)20/h3-7,10,17H,8-9H2,1-2H3,(H,19,20). The molecular weight excluding hydrogens is 316 g/mol. The van der Waals surface area contributed by atoms with Crippen LogP contribution in [-0.2, 0) is 16.4 Å². The average molecular weight is 334 g/mol. The van der Waals surface area contributed by atoms with E-state index in [9.17, 15) is 13.2 Å². The summed E-state index contributed by atoms with van der Waals surface area (Å²) >= 11 is 0. The highest BCUT2D eigenvalue weighted by atomic mass is 32.2. The highest BCUT2D eigenvalue weighted by Crippen LogP contribution is 2.16. The Bertz CT molecular complexity index is 832. The van der Waals surface area contributed by atoms with E-state index in [1.165, 1.54) is 6.07 Å². The van der Waals surface area contributed by atoms with Crippen molar-refractivity contribution in [2.24, 2.45) is 0 Å². The number of aryl methyl sites for hydroxylation is 2. The lowest BCUT2D eigenvalue weighted by Crippen LogP contribution is -2.27. The molecule has 0 spiro atoms. The van der Waals surface area contributed by atoms with Gasteiger partial charge >= 0.3 is 5.97 Å². The molecule has 2 rings (SSSR count). The Morgan fingerprint density at radius 3 is 2.61 bits per heavy atom. The number of aromatic nitrogens is 1. The van der Waals surface area contributed by atoms with E-state index < -0.39 is 16.0 Å². The van der Waals surface area contributed by atoms with E-state index in [4.69, 9.17) is 5.11 Å². The first-order chi connectivity index (χ1) is 10.8. The fourth-order valence-electron chi connectivity index (χ4n) is 2.23. The molecule has 0 saturated heterocycles. The number of sulfonamides is 1. The van der Waals surface area contributed by atoms with Gasteiger partial charge in [-0.05, 0) is 37.6 Å². The number of nitrogens with one attached hydrogen (secondary N) is 1. The molecule has 0 aliphatic carbocycles. The van der Waals surface area contributed by atoms with Crippen molar-refractivity contribution < 1.29 is 18.3 Å². The van der Waals surface area contributed by atoms with Crippen LogP contribution in [0.1, 0.15) is 27.3 Å². The van der Waals surface area contributed by atoms with Gasteiger partial charge in [0.1, 0.15) is 5.69 Å². The van der Waals surface area contributed by atoms with Crippen LogP contribution in [0.4, 0.5) is 0 Å². The zero-order chi connectivity index (χ0) is 17.0. The van der Waals surface area contributed by atoms with Crippen LogP contribution >= 0.6 is 0 Å². The van der Waals surface area contributed by atoms with Crippen LogP contribution < -0.4 is 4.72 Å². The second-order valence-electron chi connectivity index (χ2n) is 5.24. The monoisotopic (exact) mass is 334 g/mol. The van der Waals surface area contributed by atoms with Crippen LogP contribution in [0.15, 0.2) is 41.3 Å². The highest BCUT2D eigenvalue weighted by Gasteiger charge is 2.16. The van der Waals surface area contributed by atoms with E-state index in [1.54, 1.807) is 31.2 Å². The molecule has 7 heteroatoms. The summed E-state index contributed by atoms with van der Waals surface area (Å²) in [5, 5.41) is 8.89. The van der Waals surface area contributed by atoms with E-state index >= 15 is 0 Å². The molecule has 0 radical (unpaired) electrons. The van der Waals surface area contributed by atoms with Gasteiger partial charge in [-0.2, -0.15) is 0 Å². The van der Waals surface area contributed by atoms with Crippen molar-refractivity contribution in [2.75, 3.05) is 6.54 Å². The van der Waals surface area contributed by atoms with Crippen LogP contribution in [0, 0.1) is 13.8 Å². The number of pyridine rings is 1. The number of aromatic carboxylic acids is 1. The molecule has 0 fully saturated rings. The van der Waals surface area contributed by atoms with Crippen molar-refractivity contribution in [2.45, 2.75) is 25.2 Å². The zero-order valence-corrected chi connectivity index (χ0v) is 13.7. The summed E-state index contributed by atoms with van der Waals surface area (Å²) < 4.78 is 27.1. The fraction of sp³-hybridized carbons (Fsp3) is 0.250. The van der Waals surface area contributed by atoms with E-state index in [1.807, 2.05) is 13.0 Å². The van der Waals surface area contributed by atoms with Crippen molar-refractivity contribution in [3.8, 4) is 0 Å². The Kier molecular flexibility index (Phi) is 5.12. The lowest BCUT2D eigenvalue weighted by molar-refractivity contribution is 0.0690. The van der Waals surface area contributed by atoms with Gasteiger partial charge in [0.2, 0.25) is 10.0 Å². The van der Waals surface area contributed by atoms with Gasteiger partial charge in [-0.25, -0.2) is 22.9 Å². The average Bonchev–Trinajstić information content (AvgIpc) is 2.46. The molecule has 0 aliphatic heterocycles. The quantitative estimate of drug-likeness (QED) is 0.841. The molecule has 2 N–H and O–H groups in total. The number of hydrogen-bond acceptors (Lipinski definition) is 4. The molecule has 0 saturated carbocycles. The maximum absolute atomic E-state index is 12.3. The third-order valence-electron chi connectivity index (χ3n) is 3.32. The Morgan fingerprint density at radius 1 is 1.22 bits per heavy atom. The number of carboxylic acids is 1. The number of hydrogen-bond donors (Lipinski definition) is 2. The molecule has 122 valence electrons. The maximum atomic E-state index is 12.3. The third-order valence-corrected chi connectivity index (χ3v) is 4.94. The van der Waals surface area contributed by atoms with Crippen molar-refractivity contribution in [3.63, 3.8) is 0 Å². The molecule has 6 nitrogen and oxygen atoms in total. The first kappa shape index (κ1) is 17.1. The smallest absolute Gasteiger partial charge is 0.354 e. The summed E-state index contributed by atoms with van der Waals surface area (Å²) in [4.78, 5) is 15.1. The van der Waals surface area contributed by atoms with Crippen molar-refractivity contribution in [1.82, 2.24) is 9.71 Å². The number of carbonyl (C=O) groups is 1. The van der Waals surface area contributed by atoms with E-state index in [-0.39, 0.29) is 17.1 Å². The fourth-order valence-corrected chi connectivity index (χ4v) is 3.49. The molecule has 0 bridgehead atoms. The van der Waals surface area contributed by atoms with Gasteiger partial charge in [0.05, 0.1) is 4.90 Å². The Hall–Kier alpha value is -2.25. The first-order valence-electron chi connectivity index (χ1n) is 7.06.